The van der Waals surface area contributed by atoms with E-state index in [0.717, 1.165) is 38.9 Å². The number of rotatable bonds is 6. The van der Waals surface area contributed by atoms with E-state index in [0.29, 0.717) is 11.6 Å². The third kappa shape index (κ3) is 3.74. The van der Waals surface area contributed by atoms with E-state index in [1.807, 2.05) is 4.90 Å². The Morgan fingerprint density at radius 2 is 2.47 bits per heavy atom. The number of amides is 1. The third-order valence-electron chi connectivity index (χ3n) is 3.52. The molecule has 0 radical (unpaired) electrons. The van der Waals surface area contributed by atoms with Crippen LogP contribution in [0.15, 0.2) is 16.7 Å². The molecule has 1 atom stereocenters. The van der Waals surface area contributed by atoms with Gasteiger partial charge in [-0.3, -0.25) is 4.79 Å². The molecule has 4 nitrogen and oxygen atoms in total. The van der Waals surface area contributed by atoms with Crippen LogP contribution in [0, 0.1) is 0 Å². The van der Waals surface area contributed by atoms with Crippen LogP contribution in [0.4, 0.5) is 0 Å². The van der Waals surface area contributed by atoms with E-state index in [-0.39, 0.29) is 11.1 Å². The molecule has 2 heterocycles. The summed E-state index contributed by atoms with van der Waals surface area (Å²) in [6.07, 6.45) is 5.86. The predicted octanol–water partition coefficient (Wildman–Crippen LogP) is 2.93. The predicted molar refractivity (Wildman–Crippen MR) is 75.6 cm³/mol. The van der Waals surface area contributed by atoms with Crippen LogP contribution in [0.3, 0.4) is 0 Å². The van der Waals surface area contributed by atoms with Crippen molar-refractivity contribution in [1.29, 1.82) is 0 Å². The average Bonchev–Trinajstić information content (AvgIpc) is 3.05. The van der Waals surface area contributed by atoms with Gasteiger partial charge in [0.15, 0.2) is 0 Å². The Kier molecular flexibility index (Phi) is 5.28. The van der Waals surface area contributed by atoms with Gasteiger partial charge in [-0.05, 0) is 43.5 Å². The van der Waals surface area contributed by atoms with Crippen molar-refractivity contribution < 1.29 is 9.21 Å². The topological polar surface area (TPSA) is 45.5 Å². The van der Waals surface area contributed by atoms with Crippen LogP contribution in [0.2, 0.25) is 5.22 Å². The van der Waals surface area contributed by atoms with Crippen LogP contribution in [-0.2, 0) is 0 Å². The van der Waals surface area contributed by atoms with Crippen molar-refractivity contribution in [3.05, 3.63) is 23.1 Å². The molecule has 1 aromatic heterocycles. The van der Waals surface area contributed by atoms with Gasteiger partial charge >= 0.3 is 0 Å². The largest absolute Gasteiger partial charge is 0.452 e. The number of hydrogen-bond donors (Lipinski definition) is 1. The highest BCUT2D eigenvalue weighted by molar-refractivity contribution is 6.32. The number of halogens is 1. The lowest BCUT2D eigenvalue weighted by Crippen LogP contribution is -2.41. The summed E-state index contributed by atoms with van der Waals surface area (Å²) in [6.45, 7) is 4.70. The molecule has 0 spiro atoms. The number of nitrogens with zero attached hydrogens (tertiary/aromatic N) is 1. The molecule has 106 valence electrons. The van der Waals surface area contributed by atoms with Crippen molar-refractivity contribution in [3.8, 4) is 0 Å². The molecule has 1 saturated heterocycles. The zero-order valence-electron chi connectivity index (χ0n) is 11.3. The van der Waals surface area contributed by atoms with E-state index < -0.39 is 0 Å². The lowest BCUT2D eigenvalue weighted by Gasteiger charge is -2.25. The molecule has 1 fully saturated rings. The molecule has 1 unspecified atom stereocenters. The van der Waals surface area contributed by atoms with E-state index in [1.165, 1.54) is 12.7 Å². The monoisotopic (exact) mass is 284 g/mol. The maximum absolute atomic E-state index is 12.5. The average molecular weight is 285 g/mol. The van der Waals surface area contributed by atoms with E-state index in [9.17, 15) is 4.79 Å². The first-order chi connectivity index (χ1) is 9.22. The molecular formula is C14H21ClN2O2. The van der Waals surface area contributed by atoms with Crippen LogP contribution in [0.5, 0.6) is 0 Å². The first-order valence-corrected chi connectivity index (χ1v) is 7.35. The molecule has 0 saturated carbocycles. The van der Waals surface area contributed by atoms with Gasteiger partial charge in [-0.25, -0.2) is 0 Å². The zero-order chi connectivity index (χ0) is 13.7. The minimum atomic E-state index is -0.0269. The molecular weight excluding hydrogens is 264 g/mol. The van der Waals surface area contributed by atoms with Crippen LogP contribution >= 0.6 is 11.6 Å². The highest BCUT2D eigenvalue weighted by atomic mass is 35.5. The minimum Gasteiger partial charge on any atom is -0.452 e. The maximum atomic E-state index is 12.5. The summed E-state index contributed by atoms with van der Waals surface area (Å²) >= 11 is 5.90. The summed E-state index contributed by atoms with van der Waals surface area (Å²) in [5.74, 6) is -0.0269. The van der Waals surface area contributed by atoms with Gasteiger partial charge in [0.25, 0.3) is 5.91 Å². The Hall–Kier alpha value is -1.00. The summed E-state index contributed by atoms with van der Waals surface area (Å²) in [6, 6.07) is 2.05. The number of carbonyl (C=O) groups is 1. The number of furan rings is 1. The van der Waals surface area contributed by atoms with Crippen LogP contribution in [0.1, 0.15) is 43.0 Å². The third-order valence-corrected chi connectivity index (χ3v) is 3.81. The summed E-state index contributed by atoms with van der Waals surface area (Å²) in [4.78, 5) is 14.4. The highest BCUT2D eigenvalue weighted by Gasteiger charge is 2.24. The summed E-state index contributed by atoms with van der Waals surface area (Å²) in [5.41, 5.74) is 0.468. The van der Waals surface area contributed by atoms with Gasteiger partial charge in [0.2, 0.25) is 5.22 Å². The van der Waals surface area contributed by atoms with Crippen molar-refractivity contribution in [2.45, 2.75) is 38.6 Å². The van der Waals surface area contributed by atoms with E-state index in [2.05, 4.69) is 12.2 Å². The van der Waals surface area contributed by atoms with Gasteiger partial charge < -0.3 is 14.6 Å². The number of unbranched alkanes of at least 4 members (excludes halogenated alkanes) is 1. The fraction of sp³-hybridized carbons (Fsp3) is 0.643. The van der Waals surface area contributed by atoms with Crippen molar-refractivity contribution in [2.75, 3.05) is 19.6 Å². The Balaban J connectivity index is 2.03. The smallest absolute Gasteiger partial charge is 0.258 e. The van der Waals surface area contributed by atoms with Crippen LogP contribution < -0.4 is 5.32 Å². The van der Waals surface area contributed by atoms with Crippen LogP contribution in [0.25, 0.3) is 0 Å². The lowest BCUT2D eigenvalue weighted by molar-refractivity contribution is 0.0739. The molecule has 0 bridgehead atoms. The molecule has 2 rings (SSSR count). The molecule has 1 aliphatic rings. The maximum Gasteiger partial charge on any atom is 0.258 e. The second-order valence-corrected chi connectivity index (χ2v) is 5.35. The number of hydrogen-bond acceptors (Lipinski definition) is 3. The normalized spacial score (nSPS) is 18.7. The van der Waals surface area contributed by atoms with Crippen molar-refractivity contribution in [3.63, 3.8) is 0 Å². The van der Waals surface area contributed by atoms with Gasteiger partial charge in [0.05, 0.1) is 11.8 Å². The molecule has 1 amide bonds. The molecule has 0 aliphatic carbocycles. The molecule has 19 heavy (non-hydrogen) atoms. The van der Waals surface area contributed by atoms with E-state index in [4.69, 9.17) is 16.0 Å². The highest BCUT2D eigenvalue weighted by Crippen LogP contribution is 2.20. The van der Waals surface area contributed by atoms with E-state index >= 15 is 0 Å². The standard InChI is InChI=1S/C14H21ClN2O2/c1-2-3-8-17(10-11-5-4-7-16-11)14(18)12-6-9-19-13(12)15/h6,9,11,16H,2-5,7-8,10H2,1H3. The summed E-state index contributed by atoms with van der Waals surface area (Å²) < 4.78 is 5.01. The molecule has 0 aromatic carbocycles. The Labute approximate surface area is 119 Å². The second kappa shape index (κ2) is 6.96. The SMILES string of the molecule is CCCCN(CC1CCCN1)C(=O)c1ccoc1Cl. The van der Waals surface area contributed by atoms with Gasteiger partial charge in [0, 0.05) is 19.1 Å². The quantitative estimate of drug-likeness (QED) is 0.874. The van der Waals surface area contributed by atoms with Crippen molar-refractivity contribution >= 4 is 17.5 Å². The Bertz CT molecular complexity index is 413. The van der Waals surface area contributed by atoms with E-state index in [1.54, 1.807) is 6.07 Å². The fourth-order valence-electron chi connectivity index (χ4n) is 2.42. The molecule has 1 aromatic rings. The summed E-state index contributed by atoms with van der Waals surface area (Å²) in [7, 11) is 0. The zero-order valence-corrected chi connectivity index (χ0v) is 12.1. The fourth-order valence-corrected chi connectivity index (χ4v) is 2.62. The number of carbonyl (C=O) groups excluding carboxylic acids is 1. The van der Waals surface area contributed by atoms with Gasteiger partial charge in [0.1, 0.15) is 0 Å². The molecule has 1 aliphatic heterocycles. The number of nitrogens with one attached hydrogen (secondary N) is 1. The van der Waals surface area contributed by atoms with Gasteiger partial charge in [-0.2, -0.15) is 0 Å². The minimum absolute atomic E-state index is 0.0269. The van der Waals surface area contributed by atoms with Gasteiger partial charge in [-0.15, -0.1) is 0 Å². The second-order valence-electron chi connectivity index (χ2n) is 5.01. The first-order valence-electron chi connectivity index (χ1n) is 6.98. The molecule has 5 heteroatoms. The van der Waals surface area contributed by atoms with Crippen LogP contribution in [-0.4, -0.2) is 36.5 Å². The Morgan fingerprint density at radius 3 is 3.05 bits per heavy atom. The van der Waals surface area contributed by atoms with Crippen molar-refractivity contribution in [1.82, 2.24) is 10.2 Å². The molecule has 1 N–H and O–H groups in total. The first kappa shape index (κ1) is 14.4. The summed E-state index contributed by atoms with van der Waals surface area (Å²) in [5, 5.41) is 3.61. The lowest BCUT2D eigenvalue weighted by atomic mass is 10.2. The van der Waals surface area contributed by atoms with Gasteiger partial charge in [-0.1, -0.05) is 13.3 Å². The van der Waals surface area contributed by atoms with Crippen molar-refractivity contribution in [2.24, 2.45) is 0 Å². The Morgan fingerprint density at radius 1 is 1.63 bits per heavy atom.